The van der Waals surface area contributed by atoms with Gasteiger partial charge in [0.25, 0.3) is 11.8 Å². The van der Waals surface area contributed by atoms with E-state index in [2.05, 4.69) is 0 Å². The fraction of sp³-hybridized carbons (Fsp3) is 0.167. The van der Waals surface area contributed by atoms with Crippen molar-refractivity contribution in [2.24, 2.45) is 0 Å². The van der Waals surface area contributed by atoms with E-state index in [0.29, 0.717) is 5.06 Å². The summed E-state index contributed by atoms with van der Waals surface area (Å²) in [5.74, 6) is -2.49. The number of hydrogen-bond donors (Lipinski definition) is 0. The molecule has 0 saturated carbocycles. The molecule has 0 radical (unpaired) electrons. The smallest absolute Gasteiger partial charge is 0.324 e. The zero-order chi connectivity index (χ0) is 19.1. The number of sulfone groups is 1. The monoisotopic (exact) mass is 373 g/mol. The van der Waals surface area contributed by atoms with E-state index in [0.717, 1.165) is 6.07 Å². The minimum absolute atomic E-state index is 0.0377. The van der Waals surface area contributed by atoms with Gasteiger partial charge in [-0.25, -0.2) is 13.2 Å². The molecular weight excluding hydrogens is 358 g/mol. The summed E-state index contributed by atoms with van der Waals surface area (Å²) in [7, 11) is -3.58. The SMILES string of the molecule is CC(C)S(=O)(=O)c1cccc(C(=O)ON2C(=O)c3ccccc3C2=O)c1. The maximum Gasteiger partial charge on any atom is 0.363 e. The van der Waals surface area contributed by atoms with Gasteiger partial charge in [0.05, 0.1) is 26.8 Å². The zero-order valence-corrected chi connectivity index (χ0v) is 14.8. The van der Waals surface area contributed by atoms with Gasteiger partial charge in [-0.1, -0.05) is 23.3 Å². The third-order valence-electron chi connectivity index (χ3n) is 3.95. The molecule has 1 heterocycles. The molecule has 0 saturated heterocycles. The second-order valence-electron chi connectivity index (χ2n) is 5.95. The van der Waals surface area contributed by atoms with Crippen molar-refractivity contribution in [3.05, 3.63) is 65.2 Å². The predicted octanol–water partition coefficient (Wildman–Crippen LogP) is 2.24. The number of imide groups is 1. The predicted molar refractivity (Wildman–Crippen MR) is 91.1 cm³/mol. The summed E-state index contributed by atoms with van der Waals surface area (Å²) in [6.45, 7) is 3.05. The quantitative estimate of drug-likeness (QED) is 0.763. The van der Waals surface area contributed by atoms with E-state index in [4.69, 9.17) is 4.84 Å². The molecule has 0 fully saturated rings. The minimum Gasteiger partial charge on any atom is -0.324 e. The maximum absolute atomic E-state index is 12.3. The van der Waals surface area contributed by atoms with Gasteiger partial charge in [-0.2, -0.15) is 0 Å². The first-order chi connectivity index (χ1) is 12.2. The van der Waals surface area contributed by atoms with Gasteiger partial charge in [0, 0.05) is 0 Å². The topological polar surface area (TPSA) is 97.8 Å². The molecule has 2 amide bonds. The first-order valence-corrected chi connectivity index (χ1v) is 9.32. The van der Waals surface area contributed by atoms with E-state index in [9.17, 15) is 22.8 Å². The highest BCUT2D eigenvalue weighted by Crippen LogP contribution is 2.24. The van der Waals surface area contributed by atoms with Crippen molar-refractivity contribution < 1.29 is 27.6 Å². The van der Waals surface area contributed by atoms with Crippen LogP contribution in [0.1, 0.15) is 44.9 Å². The number of hydroxylamine groups is 2. The molecule has 1 aliphatic heterocycles. The number of nitrogens with zero attached hydrogens (tertiary/aromatic N) is 1. The van der Waals surface area contributed by atoms with Gasteiger partial charge in [0.2, 0.25) is 0 Å². The lowest BCUT2D eigenvalue weighted by molar-refractivity contribution is -0.0584. The minimum atomic E-state index is -3.58. The number of rotatable bonds is 4. The van der Waals surface area contributed by atoms with Crippen molar-refractivity contribution in [3.63, 3.8) is 0 Å². The van der Waals surface area contributed by atoms with Crippen LogP contribution in [0.2, 0.25) is 0 Å². The number of amides is 2. The Balaban J connectivity index is 1.86. The fourth-order valence-electron chi connectivity index (χ4n) is 2.46. The molecule has 2 aromatic carbocycles. The average molecular weight is 373 g/mol. The van der Waals surface area contributed by atoms with E-state index in [1.54, 1.807) is 12.1 Å². The summed E-state index contributed by atoms with van der Waals surface area (Å²) in [5.41, 5.74) is 0.200. The van der Waals surface area contributed by atoms with Gasteiger partial charge in [0.1, 0.15) is 0 Å². The fourth-order valence-corrected chi connectivity index (χ4v) is 3.56. The number of carbonyl (C=O) groups is 3. The van der Waals surface area contributed by atoms with Crippen LogP contribution in [0, 0.1) is 0 Å². The molecule has 7 nitrogen and oxygen atoms in total. The van der Waals surface area contributed by atoms with Crippen LogP contribution in [0.3, 0.4) is 0 Å². The molecule has 2 aromatic rings. The van der Waals surface area contributed by atoms with E-state index in [1.807, 2.05) is 0 Å². The zero-order valence-electron chi connectivity index (χ0n) is 14.0. The van der Waals surface area contributed by atoms with Crippen LogP contribution in [0.25, 0.3) is 0 Å². The number of fused-ring (bicyclic) bond motifs is 1. The molecule has 1 aliphatic rings. The molecule has 0 N–H and O–H groups in total. The molecule has 134 valence electrons. The van der Waals surface area contributed by atoms with Gasteiger partial charge in [0.15, 0.2) is 9.84 Å². The highest BCUT2D eigenvalue weighted by atomic mass is 32.2. The van der Waals surface area contributed by atoms with Crippen LogP contribution >= 0.6 is 0 Å². The van der Waals surface area contributed by atoms with Gasteiger partial charge >= 0.3 is 5.97 Å². The van der Waals surface area contributed by atoms with Crippen molar-refractivity contribution in [1.29, 1.82) is 0 Å². The molecule has 26 heavy (non-hydrogen) atoms. The van der Waals surface area contributed by atoms with Gasteiger partial charge < -0.3 is 4.84 Å². The standard InChI is InChI=1S/C18H15NO6S/c1-11(2)26(23,24)13-7-5-6-12(10-13)18(22)25-19-16(20)14-8-3-4-9-15(14)17(19)21/h3-11H,1-2H3. The van der Waals surface area contributed by atoms with Gasteiger partial charge in [-0.15, -0.1) is 0 Å². The third-order valence-corrected chi connectivity index (χ3v) is 6.10. The first kappa shape index (κ1) is 17.8. The Morgan fingerprint density at radius 3 is 2.08 bits per heavy atom. The van der Waals surface area contributed by atoms with Crippen molar-refractivity contribution >= 4 is 27.6 Å². The molecule has 0 aliphatic carbocycles. The summed E-state index contributed by atoms with van der Waals surface area (Å²) in [6, 6.07) is 11.4. The molecule has 0 aromatic heterocycles. The second-order valence-corrected chi connectivity index (χ2v) is 8.45. The molecular formula is C18H15NO6S. The molecule has 3 rings (SSSR count). The maximum atomic E-state index is 12.3. The van der Waals surface area contributed by atoms with E-state index in [-0.39, 0.29) is 21.6 Å². The molecule has 0 unspecified atom stereocenters. The van der Waals surface area contributed by atoms with E-state index >= 15 is 0 Å². The van der Waals surface area contributed by atoms with Crippen LogP contribution in [0.15, 0.2) is 53.4 Å². The second kappa shape index (κ2) is 6.38. The summed E-state index contributed by atoms with van der Waals surface area (Å²) in [6.07, 6.45) is 0. The first-order valence-electron chi connectivity index (χ1n) is 7.77. The van der Waals surface area contributed by atoms with E-state index in [1.165, 1.54) is 44.2 Å². The average Bonchev–Trinajstić information content (AvgIpc) is 2.87. The summed E-state index contributed by atoms with van der Waals surface area (Å²) in [4.78, 5) is 41.7. The Bertz CT molecular complexity index is 990. The summed E-state index contributed by atoms with van der Waals surface area (Å²) < 4.78 is 24.5. The Hall–Kier alpha value is -3.00. The van der Waals surface area contributed by atoms with E-state index < -0.39 is 32.9 Å². The Morgan fingerprint density at radius 2 is 1.54 bits per heavy atom. The van der Waals surface area contributed by atoms with Crippen molar-refractivity contribution in [2.45, 2.75) is 24.0 Å². The van der Waals surface area contributed by atoms with Crippen LogP contribution in [-0.4, -0.2) is 36.5 Å². The van der Waals surface area contributed by atoms with Crippen molar-refractivity contribution in [3.8, 4) is 0 Å². The lowest BCUT2D eigenvalue weighted by Crippen LogP contribution is -2.32. The third kappa shape index (κ3) is 2.88. The molecule has 8 heteroatoms. The highest BCUT2D eigenvalue weighted by Gasteiger charge is 2.38. The summed E-state index contributed by atoms with van der Waals surface area (Å²) in [5, 5.41) is -0.276. The van der Waals surface area contributed by atoms with Gasteiger partial charge in [-0.05, 0) is 44.2 Å². The Kier molecular flexibility index (Phi) is 4.37. The Morgan fingerprint density at radius 1 is 0.962 bits per heavy atom. The molecule has 0 spiro atoms. The van der Waals surface area contributed by atoms with Crippen LogP contribution < -0.4 is 0 Å². The van der Waals surface area contributed by atoms with Crippen LogP contribution in [0.4, 0.5) is 0 Å². The highest BCUT2D eigenvalue weighted by molar-refractivity contribution is 7.92. The number of benzene rings is 2. The largest absolute Gasteiger partial charge is 0.363 e. The summed E-state index contributed by atoms with van der Waals surface area (Å²) >= 11 is 0. The van der Waals surface area contributed by atoms with Crippen molar-refractivity contribution in [1.82, 2.24) is 5.06 Å². The van der Waals surface area contributed by atoms with Gasteiger partial charge in [-0.3, -0.25) is 9.59 Å². The number of hydrogen-bond acceptors (Lipinski definition) is 6. The number of carbonyl (C=O) groups excluding carboxylic acids is 3. The molecule has 0 atom stereocenters. The van der Waals surface area contributed by atoms with Crippen molar-refractivity contribution in [2.75, 3.05) is 0 Å². The lowest BCUT2D eigenvalue weighted by Gasteiger charge is -2.13. The van der Waals surface area contributed by atoms with Crippen LogP contribution in [-0.2, 0) is 14.7 Å². The Labute approximate surface area is 150 Å². The normalized spacial score (nSPS) is 13.9. The molecule has 0 bridgehead atoms. The lowest BCUT2D eigenvalue weighted by atomic mass is 10.1. The van der Waals surface area contributed by atoms with Crippen LogP contribution in [0.5, 0.6) is 0 Å².